The minimum atomic E-state index is -3.70. The van der Waals surface area contributed by atoms with Crippen molar-refractivity contribution in [2.75, 3.05) is 0 Å². The van der Waals surface area contributed by atoms with E-state index in [1.807, 2.05) is 24.3 Å². The fraction of sp³-hybridized carbons (Fsp3) is 0.467. The van der Waals surface area contributed by atoms with Crippen LogP contribution in [-0.2, 0) is 31.5 Å². The average molecular weight is 588 g/mol. The van der Waals surface area contributed by atoms with Gasteiger partial charge in [0.25, 0.3) is 0 Å². The number of halogens is 1. The predicted octanol–water partition coefficient (Wildman–Crippen LogP) is 7.64. The molecule has 0 amide bonds. The SMILES string of the molecule is CC(C)(C)c1ccc(S(=O)C2=CC3(C)C(Br)=C(S(=O)(=O)c4ccc(C(C)(C)C)cc4)C4C2C43C)cc1. The van der Waals surface area contributed by atoms with Crippen molar-refractivity contribution in [2.24, 2.45) is 22.7 Å². The predicted molar refractivity (Wildman–Crippen MR) is 151 cm³/mol. The summed E-state index contributed by atoms with van der Waals surface area (Å²) in [6, 6.07) is 15.3. The number of sulfone groups is 1. The summed E-state index contributed by atoms with van der Waals surface area (Å²) in [6.45, 7) is 17.1. The number of benzene rings is 2. The first-order valence-corrected chi connectivity index (χ1v) is 15.9. The maximum atomic E-state index is 13.9. The van der Waals surface area contributed by atoms with Crippen LogP contribution in [0.15, 0.2) is 78.7 Å². The first-order chi connectivity index (χ1) is 16.5. The molecule has 3 aliphatic carbocycles. The van der Waals surface area contributed by atoms with Gasteiger partial charge in [-0.1, -0.05) is 102 Å². The molecule has 0 bridgehead atoms. The fourth-order valence-electron chi connectivity index (χ4n) is 6.19. The Labute approximate surface area is 227 Å². The topological polar surface area (TPSA) is 51.2 Å². The van der Waals surface area contributed by atoms with E-state index in [2.05, 4.69) is 89.5 Å². The van der Waals surface area contributed by atoms with Gasteiger partial charge in [-0.3, -0.25) is 0 Å². The van der Waals surface area contributed by atoms with Crippen molar-refractivity contribution in [1.29, 1.82) is 0 Å². The molecule has 2 aromatic rings. The molecule has 0 N–H and O–H groups in total. The fourth-order valence-corrected chi connectivity index (χ4v) is 11.1. The zero-order chi connectivity index (χ0) is 26.6. The molecule has 0 aliphatic heterocycles. The van der Waals surface area contributed by atoms with E-state index >= 15 is 0 Å². The summed E-state index contributed by atoms with van der Waals surface area (Å²) in [5.74, 6) is -0.201. The van der Waals surface area contributed by atoms with Crippen molar-refractivity contribution in [3.8, 4) is 0 Å². The van der Waals surface area contributed by atoms with E-state index < -0.39 is 26.1 Å². The lowest BCUT2D eigenvalue weighted by molar-refractivity contribution is 0.329. The summed E-state index contributed by atoms with van der Waals surface area (Å²) in [5, 5.41) is 0. The summed E-state index contributed by atoms with van der Waals surface area (Å²) in [6.07, 6.45) is 2.08. The van der Waals surface area contributed by atoms with Gasteiger partial charge in [0.1, 0.15) is 0 Å². The van der Waals surface area contributed by atoms with Crippen LogP contribution in [0.5, 0.6) is 0 Å². The molecule has 3 aliphatic rings. The van der Waals surface area contributed by atoms with Crippen molar-refractivity contribution in [3.05, 3.63) is 80.0 Å². The van der Waals surface area contributed by atoms with Crippen LogP contribution in [0.4, 0.5) is 0 Å². The Morgan fingerprint density at radius 2 is 1.28 bits per heavy atom. The highest BCUT2D eigenvalue weighted by Crippen LogP contribution is 2.85. The van der Waals surface area contributed by atoms with Crippen LogP contribution in [0.2, 0.25) is 0 Å². The standard InChI is InChI=1S/C30H35BrO3S2/c1-27(2,3)18-9-13-20(14-10-18)35(32)22-17-29(7)26(31)25(24-23(22)30(24,29)8)36(33,34)21-15-11-19(12-16-21)28(4,5)6/h9-17,23-24H,1-8H3. The molecule has 36 heavy (non-hydrogen) atoms. The molecule has 5 rings (SSSR count). The van der Waals surface area contributed by atoms with Gasteiger partial charge in [-0.25, -0.2) is 12.6 Å². The van der Waals surface area contributed by atoms with Gasteiger partial charge in [-0.15, -0.1) is 0 Å². The van der Waals surface area contributed by atoms with Crippen molar-refractivity contribution >= 4 is 36.6 Å². The van der Waals surface area contributed by atoms with Crippen LogP contribution in [-0.4, -0.2) is 12.6 Å². The lowest BCUT2D eigenvalue weighted by Crippen LogP contribution is -2.21. The van der Waals surface area contributed by atoms with E-state index in [1.165, 1.54) is 5.56 Å². The van der Waals surface area contributed by atoms with Gasteiger partial charge in [0, 0.05) is 31.5 Å². The van der Waals surface area contributed by atoms with Crippen LogP contribution in [0.3, 0.4) is 0 Å². The quantitative estimate of drug-likeness (QED) is 0.370. The smallest absolute Gasteiger partial charge is 0.203 e. The molecule has 192 valence electrons. The monoisotopic (exact) mass is 586 g/mol. The van der Waals surface area contributed by atoms with Crippen LogP contribution >= 0.6 is 15.9 Å². The lowest BCUT2D eigenvalue weighted by atomic mass is 9.79. The van der Waals surface area contributed by atoms with Crippen molar-refractivity contribution in [1.82, 2.24) is 0 Å². The summed E-state index contributed by atoms with van der Waals surface area (Å²) in [7, 11) is -5.03. The van der Waals surface area contributed by atoms with E-state index in [4.69, 9.17) is 0 Å². The van der Waals surface area contributed by atoms with E-state index in [1.54, 1.807) is 12.1 Å². The molecule has 0 aromatic heterocycles. The lowest BCUT2D eigenvalue weighted by Gasteiger charge is -2.27. The molecule has 3 nitrogen and oxygen atoms in total. The zero-order valence-electron chi connectivity index (χ0n) is 22.3. The Balaban J connectivity index is 1.49. The van der Waals surface area contributed by atoms with Crippen molar-refractivity contribution in [3.63, 3.8) is 0 Å². The molecule has 0 saturated heterocycles. The first-order valence-electron chi connectivity index (χ1n) is 12.5. The highest BCUT2D eigenvalue weighted by molar-refractivity contribution is 9.11. The Morgan fingerprint density at radius 3 is 1.72 bits per heavy atom. The Kier molecular flexibility index (Phi) is 5.63. The third kappa shape index (κ3) is 3.46. The molecule has 1 fully saturated rings. The van der Waals surface area contributed by atoms with Gasteiger partial charge in [0.2, 0.25) is 9.84 Å². The van der Waals surface area contributed by atoms with Crippen LogP contribution in [0.25, 0.3) is 0 Å². The van der Waals surface area contributed by atoms with Crippen molar-refractivity contribution in [2.45, 2.75) is 76.0 Å². The average Bonchev–Trinajstić information content (AvgIpc) is 3.29. The minimum absolute atomic E-state index is 0.0252. The maximum Gasteiger partial charge on any atom is 0.203 e. The number of hydrogen-bond acceptors (Lipinski definition) is 3. The summed E-state index contributed by atoms with van der Waals surface area (Å²) < 4.78 is 42.4. The van der Waals surface area contributed by atoms with Crippen LogP contribution < -0.4 is 0 Å². The molecule has 0 spiro atoms. The molecular weight excluding hydrogens is 552 g/mol. The third-order valence-corrected chi connectivity index (χ3v) is 13.7. The molecule has 2 aromatic carbocycles. The normalized spacial score (nSPS) is 30.3. The minimum Gasteiger partial charge on any atom is -0.249 e. The second-order valence-electron chi connectivity index (χ2n) is 13.0. The first kappa shape index (κ1) is 26.1. The van der Waals surface area contributed by atoms with Gasteiger partial charge in [0.15, 0.2) is 0 Å². The van der Waals surface area contributed by atoms with Gasteiger partial charge < -0.3 is 0 Å². The zero-order valence-corrected chi connectivity index (χ0v) is 25.5. The molecular formula is C30H35BrO3S2. The van der Waals surface area contributed by atoms with Crippen LogP contribution in [0, 0.1) is 22.7 Å². The highest BCUT2D eigenvalue weighted by Gasteiger charge is 2.81. The van der Waals surface area contributed by atoms with Gasteiger partial charge >= 0.3 is 0 Å². The maximum absolute atomic E-state index is 13.9. The van der Waals surface area contributed by atoms with E-state index in [0.29, 0.717) is 14.3 Å². The molecule has 0 radical (unpaired) electrons. The van der Waals surface area contributed by atoms with Crippen LogP contribution in [0.1, 0.15) is 66.5 Å². The Morgan fingerprint density at radius 1 is 0.806 bits per heavy atom. The molecule has 1 saturated carbocycles. The largest absolute Gasteiger partial charge is 0.249 e. The van der Waals surface area contributed by atoms with E-state index in [-0.39, 0.29) is 28.1 Å². The number of fused-ring (bicyclic) bond motifs is 1. The number of allylic oxidation sites excluding steroid dienone is 4. The number of rotatable bonds is 4. The molecule has 5 unspecified atom stereocenters. The van der Waals surface area contributed by atoms with Gasteiger partial charge in [-0.05, 0) is 51.6 Å². The van der Waals surface area contributed by atoms with Gasteiger partial charge in [0.05, 0.1) is 20.6 Å². The second-order valence-corrected chi connectivity index (χ2v) is 17.2. The molecule has 0 heterocycles. The number of hydrogen-bond donors (Lipinski definition) is 0. The van der Waals surface area contributed by atoms with Gasteiger partial charge in [-0.2, -0.15) is 0 Å². The highest BCUT2D eigenvalue weighted by atomic mass is 79.9. The second kappa shape index (κ2) is 7.77. The van der Waals surface area contributed by atoms with E-state index in [9.17, 15) is 12.6 Å². The molecule has 6 heteroatoms. The summed E-state index contributed by atoms with van der Waals surface area (Å²) >= 11 is 3.72. The summed E-state index contributed by atoms with van der Waals surface area (Å²) in [5.41, 5.74) is 1.49. The Hall–Kier alpha value is -1.50. The third-order valence-electron chi connectivity index (χ3n) is 8.80. The summed E-state index contributed by atoms with van der Waals surface area (Å²) in [4.78, 5) is 2.42. The van der Waals surface area contributed by atoms with Crippen molar-refractivity contribution < 1.29 is 12.6 Å². The Bertz CT molecular complexity index is 1450. The molecule has 5 atom stereocenters. The van der Waals surface area contributed by atoms with E-state index in [0.717, 1.165) is 15.4 Å².